The maximum Gasteiger partial charge on any atom is 0.159 e. The molecule has 0 N–H and O–H groups in total. The maximum absolute atomic E-state index is 6.99. The van der Waals surface area contributed by atoms with E-state index in [2.05, 4.69) is 201 Å². The van der Waals surface area contributed by atoms with Crippen molar-refractivity contribution < 1.29 is 8.83 Å². The number of hydrogen-bond acceptors (Lipinski definition) is 4. The Kier molecular flexibility index (Phi) is 7.23. The van der Waals surface area contributed by atoms with Crippen molar-refractivity contribution in [1.29, 1.82) is 0 Å². The highest BCUT2D eigenvalue weighted by Crippen LogP contribution is 2.52. The third-order valence-electron chi connectivity index (χ3n) is 13.1. The van der Waals surface area contributed by atoms with Crippen molar-refractivity contribution in [3.8, 4) is 33.4 Å². The molecule has 0 fully saturated rings. The van der Waals surface area contributed by atoms with E-state index in [0.717, 1.165) is 66.5 Å². The van der Waals surface area contributed by atoms with Crippen molar-refractivity contribution in [2.75, 3.05) is 4.90 Å². The van der Waals surface area contributed by atoms with E-state index in [-0.39, 0.29) is 5.41 Å². The van der Waals surface area contributed by atoms with Gasteiger partial charge in [0.15, 0.2) is 5.58 Å². The van der Waals surface area contributed by atoms with Crippen molar-refractivity contribution >= 4 is 92.4 Å². The summed E-state index contributed by atoms with van der Waals surface area (Å²) >= 11 is 1.86. The molecule has 1 aliphatic rings. The minimum Gasteiger partial charge on any atom is -0.456 e. The van der Waals surface area contributed by atoms with Gasteiger partial charge in [-0.05, 0) is 111 Å². The molecule has 12 aromatic rings. The lowest BCUT2D eigenvalue weighted by Gasteiger charge is -2.28. The first-order valence-corrected chi connectivity index (χ1v) is 21.7. The van der Waals surface area contributed by atoms with Crippen molar-refractivity contribution in [2.24, 2.45) is 0 Å². The van der Waals surface area contributed by atoms with Gasteiger partial charge in [0.25, 0.3) is 0 Å². The zero-order valence-electron chi connectivity index (χ0n) is 33.6. The van der Waals surface area contributed by atoms with Gasteiger partial charge in [-0.2, -0.15) is 0 Å². The van der Waals surface area contributed by atoms with Gasteiger partial charge in [0.05, 0.1) is 5.69 Å². The molecule has 0 saturated carbocycles. The van der Waals surface area contributed by atoms with Crippen LogP contribution in [-0.4, -0.2) is 0 Å². The van der Waals surface area contributed by atoms with Crippen LogP contribution in [0.4, 0.5) is 17.1 Å². The fraction of sp³-hybridized carbons (Fsp3) is 0.0526. The molecular weight excluding hydrogens is 763 g/mol. The van der Waals surface area contributed by atoms with Crippen LogP contribution in [0.3, 0.4) is 0 Å². The van der Waals surface area contributed by atoms with Crippen molar-refractivity contribution in [2.45, 2.75) is 19.3 Å². The van der Waals surface area contributed by atoms with Gasteiger partial charge < -0.3 is 13.7 Å². The Morgan fingerprint density at radius 2 is 1.02 bits per heavy atom. The number of rotatable bonds is 5. The molecule has 0 spiro atoms. The van der Waals surface area contributed by atoms with Crippen LogP contribution in [-0.2, 0) is 5.41 Å². The number of para-hydroxylation sites is 1. The van der Waals surface area contributed by atoms with E-state index in [1.165, 1.54) is 59.1 Å². The fourth-order valence-electron chi connectivity index (χ4n) is 10.0. The second-order valence-electron chi connectivity index (χ2n) is 16.9. The molecule has 0 saturated heterocycles. The summed E-state index contributed by atoms with van der Waals surface area (Å²) in [6, 6.07) is 68.1. The minimum absolute atomic E-state index is 0.146. The van der Waals surface area contributed by atoms with E-state index in [9.17, 15) is 0 Å². The molecule has 0 radical (unpaired) electrons. The molecule has 0 unspecified atom stereocenters. The van der Waals surface area contributed by atoms with E-state index in [1.807, 2.05) is 17.4 Å². The van der Waals surface area contributed by atoms with E-state index in [0.29, 0.717) is 0 Å². The van der Waals surface area contributed by atoms with Gasteiger partial charge in [0.2, 0.25) is 0 Å². The normalized spacial score (nSPS) is 13.2. The molecule has 3 nitrogen and oxygen atoms in total. The molecule has 0 aliphatic heterocycles. The second kappa shape index (κ2) is 12.8. The molecule has 13 rings (SSSR count). The number of hydrogen-bond donors (Lipinski definition) is 0. The van der Waals surface area contributed by atoms with Gasteiger partial charge >= 0.3 is 0 Å². The molecule has 288 valence electrons. The Morgan fingerprint density at radius 3 is 1.89 bits per heavy atom. The summed E-state index contributed by atoms with van der Waals surface area (Å²) in [5.74, 6) is 0. The smallest absolute Gasteiger partial charge is 0.159 e. The van der Waals surface area contributed by atoms with E-state index in [4.69, 9.17) is 8.83 Å². The molecule has 0 amide bonds. The second-order valence-corrected chi connectivity index (χ2v) is 18.0. The van der Waals surface area contributed by atoms with Crippen molar-refractivity contribution in [1.82, 2.24) is 0 Å². The number of nitrogens with zero attached hydrogens (tertiary/aromatic N) is 1. The quantitative estimate of drug-likeness (QED) is 0.174. The maximum atomic E-state index is 6.99. The van der Waals surface area contributed by atoms with Crippen LogP contribution in [0.25, 0.3) is 97.4 Å². The van der Waals surface area contributed by atoms with Crippen LogP contribution in [0.1, 0.15) is 25.0 Å². The predicted molar refractivity (Wildman–Crippen MR) is 257 cm³/mol. The van der Waals surface area contributed by atoms with E-state index < -0.39 is 0 Å². The van der Waals surface area contributed by atoms with Gasteiger partial charge in [-0.25, -0.2) is 0 Å². The predicted octanol–water partition coefficient (Wildman–Crippen LogP) is 17.0. The van der Waals surface area contributed by atoms with Gasteiger partial charge in [-0.3, -0.25) is 0 Å². The molecule has 3 heterocycles. The SMILES string of the molecule is CC1(C)c2ccccc2-c2ccc(N(c3ccc(-c4ccc5c(c4)sc4ccccc45)cc3)c3cccc4c3oc3cc5c(cc34)oc3cc(-c4ccccc4)ccc35)cc21. The average Bonchev–Trinajstić information content (AvgIpc) is 4.03. The van der Waals surface area contributed by atoms with Crippen LogP contribution >= 0.6 is 11.3 Å². The highest BCUT2D eigenvalue weighted by atomic mass is 32.1. The van der Waals surface area contributed by atoms with Gasteiger partial charge in [-0.1, -0.05) is 135 Å². The molecule has 0 atom stereocenters. The molecule has 1 aliphatic carbocycles. The molecule has 61 heavy (non-hydrogen) atoms. The first-order valence-electron chi connectivity index (χ1n) is 20.9. The van der Waals surface area contributed by atoms with Gasteiger partial charge in [0, 0.05) is 58.5 Å². The summed E-state index contributed by atoms with van der Waals surface area (Å²) in [5.41, 5.74) is 16.4. The van der Waals surface area contributed by atoms with Gasteiger partial charge in [0.1, 0.15) is 16.7 Å². The Morgan fingerprint density at radius 1 is 0.393 bits per heavy atom. The number of furan rings is 2. The zero-order valence-corrected chi connectivity index (χ0v) is 34.4. The number of anilines is 3. The summed E-state index contributed by atoms with van der Waals surface area (Å²) in [7, 11) is 0. The van der Waals surface area contributed by atoms with Crippen LogP contribution in [0.5, 0.6) is 0 Å². The van der Waals surface area contributed by atoms with E-state index >= 15 is 0 Å². The molecule has 4 heteroatoms. The third kappa shape index (κ3) is 5.16. The van der Waals surface area contributed by atoms with Crippen LogP contribution < -0.4 is 4.90 Å². The lowest BCUT2D eigenvalue weighted by atomic mass is 9.82. The van der Waals surface area contributed by atoms with E-state index in [1.54, 1.807) is 0 Å². The topological polar surface area (TPSA) is 29.5 Å². The fourth-order valence-corrected chi connectivity index (χ4v) is 11.2. The number of benzene rings is 9. The minimum atomic E-state index is -0.146. The number of thiophene rings is 1. The molecule has 9 aromatic carbocycles. The molecular formula is C57H37NO2S. The first-order chi connectivity index (χ1) is 30.0. The Balaban J connectivity index is 0.965. The summed E-state index contributed by atoms with van der Waals surface area (Å²) < 4.78 is 16.2. The Labute approximate surface area is 356 Å². The van der Waals surface area contributed by atoms with Crippen LogP contribution in [0, 0.1) is 0 Å². The Hall–Kier alpha value is -7.40. The average molecular weight is 800 g/mol. The number of fused-ring (bicyclic) bond motifs is 12. The molecule has 3 aromatic heterocycles. The Bertz CT molecular complexity index is 3740. The van der Waals surface area contributed by atoms with Crippen LogP contribution in [0.15, 0.2) is 197 Å². The van der Waals surface area contributed by atoms with Crippen LogP contribution in [0.2, 0.25) is 0 Å². The summed E-state index contributed by atoms with van der Waals surface area (Å²) in [5, 5.41) is 6.83. The zero-order chi connectivity index (χ0) is 40.4. The monoisotopic (exact) mass is 799 g/mol. The first kappa shape index (κ1) is 34.5. The van der Waals surface area contributed by atoms with Crippen molar-refractivity contribution in [3.63, 3.8) is 0 Å². The summed E-state index contributed by atoms with van der Waals surface area (Å²) in [6.07, 6.45) is 0. The lowest BCUT2D eigenvalue weighted by Crippen LogP contribution is -2.16. The lowest BCUT2D eigenvalue weighted by molar-refractivity contribution is 0.660. The highest BCUT2D eigenvalue weighted by molar-refractivity contribution is 7.25. The summed E-state index contributed by atoms with van der Waals surface area (Å²) in [4.78, 5) is 2.37. The largest absolute Gasteiger partial charge is 0.456 e. The molecule has 0 bridgehead atoms. The third-order valence-corrected chi connectivity index (χ3v) is 14.2. The van der Waals surface area contributed by atoms with Gasteiger partial charge in [-0.15, -0.1) is 11.3 Å². The van der Waals surface area contributed by atoms with Crippen molar-refractivity contribution in [3.05, 3.63) is 199 Å². The summed E-state index contributed by atoms with van der Waals surface area (Å²) in [6.45, 7) is 4.69. The standard InChI is InChI=1S/C57H37NO2S/c1-57(2)48-16-8-6-13-40(48)41-28-25-39(31-49(41)57)58(38-23-19-35(20-24-38)37-22-27-44-43-14-7-9-18-54(43)61-55(44)30-37)50-17-10-15-45-47-33-52-46(32-53(47)60-56(45)50)42-26-21-36(29-51(42)59-52)34-11-4-3-5-12-34/h3-33H,1-2H3. The highest BCUT2D eigenvalue weighted by Gasteiger charge is 2.36.